The molecule has 1 aromatic carbocycles. The SMILES string of the molecule is CC(C)(C)OC(=O)N1CCC(O)(c2ccc3ccsc3c2)CC1. The van der Waals surface area contributed by atoms with Crippen molar-refractivity contribution >= 4 is 27.5 Å². The molecule has 1 fully saturated rings. The van der Waals surface area contributed by atoms with Crippen LogP contribution in [0.4, 0.5) is 4.79 Å². The molecule has 1 aliphatic rings. The maximum Gasteiger partial charge on any atom is 0.410 e. The molecule has 0 aliphatic carbocycles. The topological polar surface area (TPSA) is 49.8 Å². The van der Waals surface area contributed by atoms with Crippen LogP contribution in [0, 0.1) is 0 Å². The lowest BCUT2D eigenvalue weighted by atomic mass is 9.84. The van der Waals surface area contributed by atoms with Gasteiger partial charge in [-0.25, -0.2) is 4.79 Å². The third kappa shape index (κ3) is 3.51. The lowest BCUT2D eigenvalue weighted by Gasteiger charge is -2.39. The second-order valence-electron chi connectivity index (χ2n) is 7.17. The summed E-state index contributed by atoms with van der Waals surface area (Å²) in [5.74, 6) is 0. The van der Waals surface area contributed by atoms with Gasteiger partial charge >= 0.3 is 6.09 Å². The number of nitrogens with zero attached hydrogens (tertiary/aromatic N) is 1. The third-order valence-corrected chi connectivity index (χ3v) is 5.12. The summed E-state index contributed by atoms with van der Waals surface area (Å²) in [6, 6.07) is 8.21. The first-order chi connectivity index (χ1) is 10.8. The van der Waals surface area contributed by atoms with E-state index in [1.807, 2.05) is 26.8 Å². The molecule has 0 spiro atoms. The molecule has 5 heteroatoms. The van der Waals surface area contributed by atoms with Crippen molar-refractivity contribution in [1.29, 1.82) is 0 Å². The molecule has 0 atom stereocenters. The first-order valence-electron chi connectivity index (χ1n) is 7.95. The number of benzene rings is 1. The highest BCUT2D eigenvalue weighted by Crippen LogP contribution is 2.35. The van der Waals surface area contributed by atoms with Crippen LogP contribution in [0.3, 0.4) is 0 Å². The Bertz CT molecular complexity index is 708. The van der Waals surface area contributed by atoms with Gasteiger partial charge in [0.15, 0.2) is 0 Å². The van der Waals surface area contributed by atoms with Crippen LogP contribution in [0.25, 0.3) is 10.1 Å². The molecule has 1 saturated heterocycles. The van der Waals surface area contributed by atoms with E-state index in [9.17, 15) is 9.90 Å². The van der Waals surface area contributed by atoms with Crippen molar-refractivity contribution in [2.45, 2.75) is 44.8 Å². The molecule has 2 aromatic rings. The van der Waals surface area contributed by atoms with Crippen molar-refractivity contribution in [2.75, 3.05) is 13.1 Å². The minimum Gasteiger partial charge on any atom is -0.444 e. The number of likely N-dealkylation sites (tertiary alicyclic amines) is 1. The molecule has 23 heavy (non-hydrogen) atoms. The summed E-state index contributed by atoms with van der Waals surface area (Å²) in [5, 5.41) is 14.3. The molecular formula is C18H23NO3S. The fraction of sp³-hybridized carbons (Fsp3) is 0.500. The molecule has 124 valence electrons. The number of piperidine rings is 1. The van der Waals surface area contributed by atoms with E-state index in [-0.39, 0.29) is 6.09 Å². The number of rotatable bonds is 1. The Morgan fingerprint density at radius 1 is 1.26 bits per heavy atom. The third-order valence-electron chi connectivity index (χ3n) is 4.24. The Balaban J connectivity index is 1.70. The van der Waals surface area contributed by atoms with Crippen LogP contribution in [0.2, 0.25) is 0 Å². The standard InChI is InChI=1S/C18H23NO3S/c1-17(2,3)22-16(20)19-9-7-18(21,8-10-19)14-5-4-13-6-11-23-15(13)12-14/h4-6,11-12,21H,7-10H2,1-3H3. The van der Waals surface area contributed by atoms with E-state index in [0.717, 1.165) is 5.56 Å². The normalized spacial score (nSPS) is 18.2. The van der Waals surface area contributed by atoms with Gasteiger partial charge in [0, 0.05) is 17.8 Å². The average Bonchev–Trinajstić information content (AvgIpc) is 2.93. The number of carbonyl (C=O) groups excluding carboxylic acids is 1. The fourth-order valence-electron chi connectivity index (χ4n) is 2.92. The Labute approximate surface area is 140 Å². The van der Waals surface area contributed by atoms with Gasteiger partial charge in [0.25, 0.3) is 0 Å². The molecule has 3 rings (SSSR count). The smallest absolute Gasteiger partial charge is 0.410 e. The number of amides is 1. The predicted molar refractivity (Wildman–Crippen MR) is 92.8 cm³/mol. The van der Waals surface area contributed by atoms with E-state index >= 15 is 0 Å². The molecular weight excluding hydrogens is 310 g/mol. The maximum atomic E-state index is 12.1. The second kappa shape index (κ2) is 5.80. The largest absolute Gasteiger partial charge is 0.444 e. The van der Waals surface area contributed by atoms with Crippen molar-refractivity contribution in [1.82, 2.24) is 4.90 Å². The van der Waals surface area contributed by atoms with Crippen LogP contribution in [-0.2, 0) is 10.3 Å². The number of ether oxygens (including phenoxy) is 1. The number of hydrogen-bond donors (Lipinski definition) is 1. The zero-order valence-electron chi connectivity index (χ0n) is 13.8. The Kier molecular flexibility index (Phi) is 4.10. The van der Waals surface area contributed by atoms with Gasteiger partial charge in [0.2, 0.25) is 0 Å². The van der Waals surface area contributed by atoms with E-state index in [1.54, 1.807) is 16.2 Å². The van der Waals surface area contributed by atoms with Crippen molar-refractivity contribution in [3.8, 4) is 0 Å². The first kappa shape index (κ1) is 16.3. The van der Waals surface area contributed by atoms with Crippen LogP contribution >= 0.6 is 11.3 Å². The number of thiophene rings is 1. The van der Waals surface area contributed by atoms with Crippen molar-refractivity contribution < 1.29 is 14.6 Å². The van der Waals surface area contributed by atoms with Crippen molar-refractivity contribution in [3.63, 3.8) is 0 Å². The Hall–Kier alpha value is -1.59. The average molecular weight is 333 g/mol. The number of hydrogen-bond acceptors (Lipinski definition) is 4. The minimum atomic E-state index is -0.864. The molecule has 1 aromatic heterocycles. The van der Waals surface area contributed by atoms with Gasteiger partial charge in [-0.15, -0.1) is 11.3 Å². The molecule has 0 saturated carbocycles. The van der Waals surface area contributed by atoms with Gasteiger partial charge in [-0.1, -0.05) is 12.1 Å². The molecule has 0 radical (unpaired) electrons. The molecule has 2 heterocycles. The number of aliphatic hydroxyl groups is 1. The van der Waals surface area contributed by atoms with Gasteiger partial charge in [0.1, 0.15) is 5.60 Å². The van der Waals surface area contributed by atoms with Crippen LogP contribution in [0.1, 0.15) is 39.2 Å². The highest BCUT2D eigenvalue weighted by atomic mass is 32.1. The lowest BCUT2D eigenvalue weighted by molar-refractivity contribution is -0.0355. The summed E-state index contributed by atoms with van der Waals surface area (Å²) in [6.07, 6.45) is 0.764. The Morgan fingerprint density at radius 3 is 2.61 bits per heavy atom. The monoisotopic (exact) mass is 333 g/mol. The molecule has 1 aliphatic heterocycles. The van der Waals surface area contributed by atoms with E-state index in [0.29, 0.717) is 25.9 Å². The van der Waals surface area contributed by atoms with Crippen LogP contribution in [0.5, 0.6) is 0 Å². The quantitative estimate of drug-likeness (QED) is 0.854. The predicted octanol–water partition coefficient (Wildman–Crippen LogP) is 4.12. The highest BCUT2D eigenvalue weighted by Gasteiger charge is 2.36. The number of fused-ring (bicyclic) bond motifs is 1. The summed E-state index contributed by atoms with van der Waals surface area (Å²) >= 11 is 1.68. The van der Waals surface area contributed by atoms with E-state index < -0.39 is 11.2 Å². The van der Waals surface area contributed by atoms with Gasteiger partial charge in [-0.3, -0.25) is 0 Å². The summed E-state index contributed by atoms with van der Waals surface area (Å²) in [4.78, 5) is 13.8. The summed E-state index contributed by atoms with van der Waals surface area (Å²) < 4.78 is 6.59. The van der Waals surface area contributed by atoms with Gasteiger partial charge in [-0.05, 0) is 62.1 Å². The van der Waals surface area contributed by atoms with Gasteiger partial charge in [-0.2, -0.15) is 0 Å². The van der Waals surface area contributed by atoms with Crippen molar-refractivity contribution in [2.24, 2.45) is 0 Å². The summed E-state index contributed by atoms with van der Waals surface area (Å²) in [7, 11) is 0. The van der Waals surface area contributed by atoms with Crippen LogP contribution in [-0.4, -0.2) is 34.8 Å². The van der Waals surface area contributed by atoms with Crippen LogP contribution in [0.15, 0.2) is 29.6 Å². The molecule has 4 nitrogen and oxygen atoms in total. The molecule has 1 N–H and O–H groups in total. The highest BCUT2D eigenvalue weighted by molar-refractivity contribution is 7.17. The fourth-order valence-corrected chi connectivity index (χ4v) is 3.75. The Morgan fingerprint density at radius 2 is 1.96 bits per heavy atom. The molecule has 0 bridgehead atoms. The lowest BCUT2D eigenvalue weighted by Crippen LogP contribution is -2.46. The van der Waals surface area contributed by atoms with Gasteiger partial charge in [0.05, 0.1) is 5.60 Å². The van der Waals surface area contributed by atoms with Gasteiger partial charge < -0.3 is 14.7 Å². The van der Waals surface area contributed by atoms with Crippen LogP contribution < -0.4 is 0 Å². The zero-order valence-corrected chi connectivity index (χ0v) is 14.7. The van der Waals surface area contributed by atoms with E-state index in [2.05, 4.69) is 23.6 Å². The van der Waals surface area contributed by atoms with Crippen molar-refractivity contribution in [3.05, 3.63) is 35.2 Å². The maximum absolute atomic E-state index is 12.1. The first-order valence-corrected chi connectivity index (χ1v) is 8.83. The summed E-state index contributed by atoms with van der Waals surface area (Å²) in [5.41, 5.74) is -0.414. The summed E-state index contributed by atoms with van der Waals surface area (Å²) in [6.45, 7) is 6.60. The minimum absolute atomic E-state index is 0.298. The second-order valence-corrected chi connectivity index (χ2v) is 8.12. The number of carbonyl (C=O) groups is 1. The molecule has 1 amide bonds. The van der Waals surface area contributed by atoms with E-state index in [4.69, 9.17) is 4.74 Å². The zero-order chi connectivity index (χ0) is 16.7. The molecule has 0 unspecified atom stereocenters. The van der Waals surface area contributed by atoms with E-state index in [1.165, 1.54) is 10.1 Å².